The Morgan fingerprint density at radius 1 is 1.22 bits per heavy atom. The fourth-order valence-electron chi connectivity index (χ4n) is 3.39. The molecule has 0 atom stereocenters. The van der Waals surface area contributed by atoms with Crippen molar-refractivity contribution in [1.82, 2.24) is 30.5 Å². The third-order valence-corrected chi connectivity index (χ3v) is 5.17. The molecule has 1 aliphatic carbocycles. The summed E-state index contributed by atoms with van der Waals surface area (Å²) in [5.74, 6) is -0.418. The number of carbonyl (C=O) groups excluding carboxylic acids is 2. The van der Waals surface area contributed by atoms with Crippen molar-refractivity contribution in [2.45, 2.75) is 24.6 Å². The molecule has 3 aromatic rings. The topological polar surface area (TPSA) is 162 Å². The van der Waals surface area contributed by atoms with Crippen LogP contribution in [0.4, 0.5) is 17.2 Å². The first-order valence-corrected chi connectivity index (χ1v) is 11.1. The van der Waals surface area contributed by atoms with E-state index in [9.17, 15) is 9.59 Å². The number of amides is 2. The number of para-hydroxylation sites is 1. The molecule has 15 heteroatoms. The normalized spacial score (nSPS) is 13.2. The second-order valence-corrected chi connectivity index (χ2v) is 8.27. The van der Waals surface area contributed by atoms with E-state index in [4.69, 9.17) is 34.0 Å². The minimum Gasteiger partial charge on any atom is -0.494 e. The van der Waals surface area contributed by atoms with Crippen LogP contribution in [0.2, 0.25) is 0 Å². The van der Waals surface area contributed by atoms with Crippen molar-refractivity contribution in [2.75, 3.05) is 24.3 Å². The van der Waals surface area contributed by atoms with Gasteiger partial charge in [0.05, 0.1) is 54.8 Å². The molecule has 1 saturated carbocycles. The monoisotopic (exact) mass is 481 g/mol. The number of nitrogens with one attached hydrogen (secondary N) is 3. The van der Waals surface area contributed by atoms with Crippen LogP contribution in [0.3, 0.4) is 0 Å². The first-order valence-electron chi connectivity index (χ1n) is 11.1. The molecule has 2 heterocycles. The number of ether oxygens (including phenoxy) is 1. The largest absolute Gasteiger partial charge is 0.494 e. The summed E-state index contributed by atoms with van der Waals surface area (Å²) in [5.41, 5.74) is 7.30. The fraction of sp³-hybridized carbons (Fsp3) is 0.333. The molecular weight excluding hydrogens is 459 g/mol. The van der Waals surface area contributed by atoms with E-state index in [1.807, 2.05) is 6.07 Å². The Kier molecular flexibility index (Phi) is 7.29. The zero-order valence-electron chi connectivity index (χ0n) is 19.6. The molecule has 178 valence electrons. The van der Waals surface area contributed by atoms with E-state index in [0.717, 1.165) is 12.8 Å². The molecular formula is C21H22B3N9O3. The van der Waals surface area contributed by atoms with Crippen LogP contribution in [0, 0.1) is 5.92 Å². The van der Waals surface area contributed by atoms with Gasteiger partial charge in [-0.05, 0) is 25.0 Å². The van der Waals surface area contributed by atoms with Gasteiger partial charge in [0.1, 0.15) is 5.69 Å². The Bertz CT molecular complexity index is 1280. The zero-order chi connectivity index (χ0) is 25.9. The van der Waals surface area contributed by atoms with Crippen LogP contribution in [0.15, 0.2) is 30.5 Å². The minimum absolute atomic E-state index is 0.0528. The molecule has 0 spiro atoms. The average molecular weight is 481 g/mol. The van der Waals surface area contributed by atoms with Crippen molar-refractivity contribution >= 4 is 52.5 Å². The van der Waals surface area contributed by atoms with Crippen molar-refractivity contribution < 1.29 is 14.3 Å². The fourth-order valence-corrected chi connectivity index (χ4v) is 3.39. The van der Waals surface area contributed by atoms with E-state index < -0.39 is 11.1 Å². The van der Waals surface area contributed by atoms with Crippen molar-refractivity contribution in [3.8, 4) is 17.0 Å². The van der Waals surface area contributed by atoms with Gasteiger partial charge in [0, 0.05) is 24.1 Å². The summed E-state index contributed by atoms with van der Waals surface area (Å²) >= 11 is 0. The number of hydrogen-bond acceptors (Lipinski definition) is 9. The van der Waals surface area contributed by atoms with Crippen LogP contribution in [0.5, 0.6) is 5.75 Å². The van der Waals surface area contributed by atoms with E-state index in [1.165, 1.54) is 18.0 Å². The molecule has 36 heavy (non-hydrogen) atoms. The highest BCUT2D eigenvalue weighted by Crippen LogP contribution is 2.37. The number of nitrogens with two attached hydrogens (primary N) is 1. The second kappa shape index (κ2) is 10.4. The van der Waals surface area contributed by atoms with Gasteiger partial charge < -0.3 is 26.4 Å². The van der Waals surface area contributed by atoms with Crippen LogP contribution in [0.25, 0.3) is 11.3 Å². The van der Waals surface area contributed by atoms with E-state index in [2.05, 4.69) is 36.3 Å². The molecule has 12 nitrogen and oxygen atoms in total. The van der Waals surface area contributed by atoms with E-state index in [-0.39, 0.29) is 29.0 Å². The Morgan fingerprint density at radius 2 is 2.00 bits per heavy atom. The number of methoxy groups -OCH3 is 1. The maximum absolute atomic E-state index is 12.8. The highest BCUT2D eigenvalue weighted by molar-refractivity contribution is 6.60. The summed E-state index contributed by atoms with van der Waals surface area (Å²) in [6.07, 6.45) is 3.23. The van der Waals surface area contributed by atoms with Crippen molar-refractivity contribution in [2.24, 2.45) is 11.7 Å². The summed E-state index contributed by atoms with van der Waals surface area (Å²) in [7, 11) is 18.1. The number of hydrogen-bond donors (Lipinski definition) is 4. The molecule has 2 amide bonds. The highest BCUT2D eigenvalue weighted by atomic mass is 16.5. The highest BCUT2D eigenvalue weighted by Gasteiger charge is 2.30. The molecule has 1 fully saturated rings. The van der Waals surface area contributed by atoms with Gasteiger partial charge in [-0.2, -0.15) is 15.0 Å². The van der Waals surface area contributed by atoms with Crippen molar-refractivity contribution in [1.29, 1.82) is 0 Å². The Morgan fingerprint density at radius 3 is 2.67 bits per heavy atom. The van der Waals surface area contributed by atoms with Crippen LogP contribution in [-0.2, 0) is 11.3 Å². The van der Waals surface area contributed by atoms with Gasteiger partial charge in [-0.3, -0.25) is 9.59 Å². The standard InChI is InChI=1S/C21H22B3N9O3/c1-36-18-12(15-10-26-33(32-15)8-7-25)3-2-4-13(18)27-14-9-16(28-19(34)11-5-6-11)30-31-17(14)20(35)29-21(22,23)24/h2-4,9-11H,5-8,25H2,1H3,(H,29,35)(H2,27,28,30,34). The predicted octanol–water partition coefficient (Wildman–Crippen LogP) is -0.359. The molecule has 0 saturated heterocycles. The van der Waals surface area contributed by atoms with Gasteiger partial charge in [-0.25, -0.2) is 0 Å². The lowest BCUT2D eigenvalue weighted by molar-refractivity contribution is -0.117. The zero-order valence-corrected chi connectivity index (χ0v) is 19.6. The van der Waals surface area contributed by atoms with Gasteiger partial charge in [-0.15, -0.1) is 10.2 Å². The molecule has 2 aromatic heterocycles. The number of carbonyl (C=O) groups is 2. The molecule has 1 aromatic carbocycles. The lowest BCUT2D eigenvalue weighted by Crippen LogP contribution is -2.50. The van der Waals surface area contributed by atoms with Gasteiger partial charge in [0.15, 0.2) is 17.3 Å². The summed E-state index contributed by atoms with van der Waals surface area (Å²) in [5, 5.41) is 22.6. The van der Waals surface area contributed by atoms with Crippen molar-refractivity contribution in [3.63, 3.8) is 0 Å². The smallest absolute Gasteiger partial charge is 0.272 e. The molecule has 0 unspecified atom stereocenters. The lowest BCUT2D eigenvalue weighted by Gasteiger charge is -2.23. The molecule has 0 aliphatic heterocycles. The van der Waals surface area contributed by atoms with E-state index in [1.54, 1.807) is 18.3 Å². The van der Waals surface area contributed by atoms with Gasteiger partial charge in [0.25, 0.3) is 5.91 Å². The molecule has 4 rings (SSSR count). The maximum atomic E-state index is 12.8. The summed E-state index contributed by atoms with van der Waals surface area (Å²) in [4.78, 5) is 26.5. The van der Waals surface area contributed by atoms with Crippen LogP contribution in [-0.4, -0.2) is 79.4 Å². The summed E-state index contributed by atoms with van der Waals surface area (Å²) in [6.45, 7) is 0.851. The lowest BCUT2D eigenvalue weighted by atomic mass is 9.49. The minimum atomic E-state index is -1.98. The predicted molar refractivity (Wildman–Crippen MR) is 135 cm³/mol. The van der Waals surface area contributed by atoms with E-state index in [0.29, 0.717) is 35.8 Å². The number of aromatic nitrogens is 5. The third kappa shape index (κ3) is 6.03. The Balaban J connectivity index is 1.70. The summed E-state index contributed by atoms with van der Waals surface area (Å²) < 4.78 is 5.66. The molecule has 6 radical (unpaired) electrons. The van der Waals surface area contributed by atoms with Crippen LogP contribution < -0.4 is 26.4 Å². The maximum Gasteiger partial charge on any atom is 0.272 e. The number of rotatable bonds is 10. The first kappa shape index (κ1) is 25.2. The number of nitrogens with zero attached hydrogens (tertiary/aromatic N) is 5. The van der Waals surface area contributed by atoms with Gasteiger partial charge >= 0.3 is 0 Å². The third-order valence-electron chi connectivity index (χ3n) is 5.17. The number of benzene rings is 1. The van der Waals surface area contributed by atoms with Crippen LogP contribution in [0.1, 0.15) is 23.3 Å². The quantitative estimate of drug-likeness (QED) is 0.284. The van der Waals surface area contributed by atoms with Crippen molar-refractivity contribution in [3.05, 3.63) is 36.2 Å². The van der Waals surface area contributed by atoms with Gasteiger partial charge in [-0.1, -0.05) is 11.3 Å². The second-order valence-electron chi connectivity index (χ2n) is 8.27. The molecule has 0 bridgehead atoms. The molecule has 5 N–H and O–H groups in total. The SMILES string of the molecule is [B]C([B])([B])NC(=O)c1nnc(NC(=O)C2CC2)cc1Nc1cccc(-c2cnn(CCN)n2)c1OC. The summed E-state index contributed by atoms with van der Waals surface area (Å²) in [6, 6.07) is 6.79. The average Bonchev–Trinajstić information content (AvgIpc) is 3.57. The van der Waals surface area contributed by atoms with Gasteiger partial charge in [0.2, 0.25) is 5.91 Å². The Labute approximate surface area is 211 Å². The van der Waals surface area contributed by atoms with Crippen LogP contribution >= 0.6 is 0 Å². The molecule has 1 aliphatic rings. The Hall–Kier alpha value is -3.87. The van der Waals surface area contributed by atoms with E-state index >= 15 is 0 Å². The first-order chi connectivity index (χ1) is 17.2. The number of anilines is 3.